The number of nitrogens with zero attached hydrogens (tertiary/aromatic N) is 1. The fraction of sp³-hybridized carbons (Fsp3) is 0.174. The molecule has 0 bridgehead atoms. The minimum absolute atomic E-state index is 0.0109. The highest BCUT2D eigenvalue weighted by molar-refractivity contribution is 6.07. The summed E-state index contributed by atoms with van der Waals surface area (Å²) in [4.78, 5) is 25.3. The summed E-state index contributed by atoms with van der Waals surface area (Å²) in [5.74, 6) is -1.52. The number of benzene rings is 2. The summed E-state index contributed by atoms with van der Waals surface area (Å²) >= 11 is 0. The lowest BCUT2D eigenvalue weighted by atomic mass is 9.94. The van der Waals surface area contributed by atoms with Crippen LogP contribution in [0.2, 0.25) is 0 Å². The van der Waals surface area contributed by atoms with Crippen molar-refractivity contribution in [2.45, 2.75) is 25.7 Å². The average molecular weight is 472 g/mol. The van der Waals surface area contributed by atoms with Crippen LogP contribution in [0, 0.1) is 0 Å². The zero-order chi connectivity index (χ0) is 24.5. The molecule has 2 aromatic heterocycles. The molecule has 0 aliphatic carbocycles. The highest BCUT2D eigenvalue weighted by atomic mass is 19.4. The van der Waals surface area contributed by atoms with Crippen LogP contribution in [-0.4, -0.2) is 28.4 Å². The van der Waals surface area contributed by atoms with Gasteiger partial charge in [0, 0.05) is 11.6 Å². The number of ether oxygens (including phenoxy) is 1. The van der Waals surface area contributed by atoms with Gasteiger partial charge in [-0.05, 0) is 43.7 Å². The molecule has 34 heavy (non-hydrogen) atoms. The van der Waals surface area contributed by atoms with Crippen molar-refractivity contribution in [2.24, 2.45) is 0 Å². The summed E-state index contributed by atoms with van der Waals surface area (Å²) in [6.45, 7) is 3.71. The molecule has 0 fully saturated rings. The van der Waals surface area contributed by atoms with Gasteiger partial charge in [-0.1, -0.05) is 30.3 Å². The van der Waals surface area contributed by atoms with Crippen LogP contribution < -0.4 is 15.4 Å². The van der Waals surface area contributed by atoms with Crippen LogP contribution in [-0.2, 0) is 5.54 Å². The third kappa shape index (κ3) is 5.03. The topological polar surface area (TPSA) is 109 Å². The molecule has 3 N–H and O–H groups in total. The molecule has 0 radical (unpaired) electrons. The van der Waals surface area contributed by atoms with Gasteiger partial charge in [-0.2, -0.15) is 5.10 Å². The van der Waals surface area contributed by atoms with E-state index in [1.54, 1.807) is 0 Å². The van der Waals surface area contributed by atoms with Crippen molar-refractivity contribution in [3.05, 3.63) is 77.6 Å². The fourth-order valence-corrected chi connectivity index (χ4v) is 3.27. The summed E-state index contributed by atoms with van der Waals surface area (Å²) in [7, 11) is 0. The van der Waals surface area contributed by atoms with Crippen molar-refractivity contribution in [3.8, 4) is 5.75 Å². The molecule has 0 saturated carbocycles. The highest BCUT2D eigenvalue weighted by Gasteiger charge is 2.31. The molecule has 2 heterocycles. The van der Waals surface area contributed by atoms with Crippen LogP contribution in [0.15, 0.2) is 65.1 Å². The Hall–Kier alpha value is -4.28. The van der Waals surface area contributed by atoms with Crippen LogP contribution in [0.25, 0.3) is 11.1 Å². The van der Waals surface area contributed by atoms with E-state index in [0.717, 1.165) is 17.7 Å². The van der Waals surface area contributed by atoms with E-state index in [1.165, 1.54) is 18.2 Å². The summed E-state index contributed by atoms with van der Waals surface area (Å²) in [6.07, 6.45) is -4.83. The maximum atomic E-state index is 12.8. The number of H-pyrrole nitrogens is 1. The van der Waals surface area contributed by atoms with E-state index in [4.69, 9.17) is 4.42 Å². The van der Waals surface area contributed by atoms with Gasteiger partial charge in [0.05, 0.1) is 5.54 Å². The second kappa shape index (κ2) is 8.58. The first kappa shape index (κ1) is 22.9. The van der Waals surface area contributed by atoms with Crippen LogP contribution in [0.5, 0.6) is 5.75 Å². The number of aromatic nitrogens is 2. The number of hydrogen-bond acceptors (Lipinski definition) is 5. The van der Waals surface area contributed by atoms with E-state index in [-0.39, 0.29) is 22.7 Å². The molecule has 8 nitrogen and oxygen atoms in total. The lowest BCUT2D eigenvalue weighted by molar-refractivity contribution is -0.274. The van der Waals surface area contributed by atoms with Gasteiger partial charge in [-0.3, -0.25) is 14.7 Å². The van der Waals surface area contributed by atoms with E-state index in [0.29, 0.717) is 5.52 Å². The summed E-state index contributed by atoms with van der Waals surface area (Å²) in [6, 6.07) is 15.3. The molecule has 0 saturated heterocycles. The number of halogens is 3. The number of rotatable bonds is 6. The summed E-state index contributed by atoms with van der Waals surface area (Å²) in [5, 5.41) is 12.0. The van der Waals surface area contributed by atoms with E-state index in [9.17, 15) is 22.8 Å². The molecular weight excluding hydrogens is 453 g/mol. The Kier molecular flexibility index (Phi) is 5.78. The Morgan fingerprint density at radius 3 is 2.32 bits per heavy atom. The van der Waals surface area contributed by atoms with Crippen molar-refractivity contribution < 1.29 is 31.9 Å². The first-order chi connectivity index (χ1) is 16.0. The number of carbonyl (C=O) groups is 2. The van der Waals surface area contributed by atoms with Crippen LogP contribution in [0.1, 0.15) is 40.3 Å². The molecule has 0 aliphatic heterocycles. The van der Waals surface area contributed by atoms with Gasteiger partial charge in [-0.15, -0.1) is 13.2 Å². The normalized spacial score (nSPS) is 11.9. The molecule has 4 rings (SSSR count). The van der Waals surface area contributed by atoms with Gasteiger partial charge < -0.3 is 19.8 Å². The lowest BCUT2D eigenvalue weighted by Gasteiger charge is -2.26. The summed E-state index contributed by atoms with van der Waals surface area (Å²) in [5.41, 5.74) is 0.831. The molecule has 0 atom stereocenters. The number of hydrogen-bond donors (Lipinski definition) is 3. The van der Waals surface area contributed by atoms with Gasteiger partial charge in [0.15, 0.2) is 17.2 Å². The minimum atomic E-state index is -4.83. The second-order valence-electron chi connectivity index (χ2n) is 7.90. The molecule has 0 unspecified atom stereocenters. The Labute approximate surface area is 191 Å². The maximum absolute atomic E-state index is 12.8. The SMILES string of the molecule is CC(C)(NC(=O)c1cc2[nH]nc(NC(=O)c3ccc(OC(F)(F)F)cc3)c2o1)c1ccccc1. The van der Waals surface area contributed by atoms with Gasteiger partial charge in [0.2, 0.25) is 0 Å². The molecule has 2 aromatic carbocycles. The van der Waals surface area contributed by atoms with Crippen molar-refractivity contribution in [1.82, 2.24) is 15.5 Å². The van der Waals surface area contributed by atoms with E-state index in [1.807, 2.05) is 44.2 Å². The Bertz CT molecular complexity index is 1330. The standard InChI is InChI=1S/C23H19F3N4O4/c1-22(2,14-6-4-3-5-7-14)28-21(32)17-12-16-18(33-17)19(30-29-16)27-20(31)13-8-10-15(11-9-13)34-23(24,25)26/h3-12H,1-2H3,(H,28,32)(H2,27,29,30,31). The number of aromatic amines is 1. The predicted octanol–water partition coefficient (Wildman–Crippen LogP) is 4.97. The number of fused-ring (bicyclic) bond motifs is 1. The number of nitrogens with one attached hydrogen (secondary N) is 3. The first-order valence-electron chi connectivity index (χ1n) is 10.0. The van der Waals surface area contributed by atoms with Gasteiger partial charge >= 0.3 is 6.36 Å². The molecular formula is C23H19F3N4O4. The second-order valence-corrected chi connectivity index (χ2v) is 7.90. The maximum Gasteiger partial charge on any atom is 0.573 e. The van der Waals surface area contributed by atoms with Crippen LogP contribution in [0.4, 0.5) is 19.0 Å². The van der Waals surface area contributed by atoms with E-state index >= 15 is 0 Å². The quantitative estimate of drug-likeness (QED) is 0.367. The van der Waals surface area contributed by atoms with Crippen molar-refractivity contribution >= 4 is 28.7 Å². The molecule has 176 valence electrons. The zero-order valence-electron chi connectivity index (χ0n) is 18.0. The number of amides is 2. The molecule has 2 amide bonds. The fourth-order valence-electron chi connectivity index (χ4n) is 3.27. The minimum Gasteiger partial charge on any atom is -0.445 e. The molecule has 0 aliphatic rings. The first-order valence-corrected chi connectivity index (χ1v) is 10.0. The zero-order valence-corrected chi connectivity index (χ0v) is 18.0. The number of furan rings is 1. The predicted molar refractivity (Wildman–Crippen MR) is 116 cm³/mol. The molecule has 11 heteroatoms. The Balaban J connectivity index is 1.47. The number of carbonyl (C=O) groups excluding carboxylic acids is 2. The largest absolute Gasteiger partial charge is 0.573 e. The van der Waals surface area contributed by atoms with Crippen molar-refractivity contribution in [1.29, 1.82) is 0 Å². The number of alkyl halides is 3. The van der Waals surface area contributed by atoms with Gasteiger partial charge in [0.25, 0.3) is 11.8 Å². The Morgan fingerprint density at radius 1 is 1.00 bits per heavy atom. The van der Waals surface area contributed by atoms with Crippen molar-refractivity contribution in [3.63, 3.8) is 0 Å². The monoisotopic (exact) mass is 472 g/mol. The van der Waals surface area contributed by atoms with E-state index < -0.39 is 29.5 Å². The van der Waals surface area contributed by atoms with E-state index in [2.05, 4.69) is 25.6 Å². The summed E-state index contributed by atoms with van der Waals surface area (Å²) < 4.78 is 46.3. The third-order valence-electron chi connectivity index (χ3n) is 4.96. The average Bonchev–Trinajstić information content (AvgIpc) is 3.35. The van der Waals surface area contributed by atoms with Crippen LogP contribution >= 0.6 is 0 Å². The molecule has 4 aromatic rings. The highest BCUT2D eigenvalue weighted by Crippen LogP contribution is 2.27. The van der Waals surface area contributed by atoms with Gasteiger partial charge in [-0.25, -0.2) is 0 Å². The lowest BCUT2D eigenvalue weighted by Crippen LogP contribution is -2.40. The van der Waals surface area contributed by atoms with Crippen LogP contribution in [0.3, 0.4) is 0 Å². The number of anilines is 1. The van der Waals surface area contributed by atoms with Gasteiger partial charge in [0.1, 0.15) is 11.3 Å². The Morgan fingerprint density at radius 2 is 1.68 bits per heavy atom. The van der Waals surface area contributed by atoms with Crippen molar-refractivity contribution in [2.75, 3.05) is 5.32 Å². The smallest absolute Gasteiger partial charge is 0.445 e. The molecule has 0 spiro atoms. The third-order valence-corrected chi connectivity index (χ3v) is 4.96.